The topological polar surface area (TPSA) is 80.2 Å². The summed E-state index contributed by atoms with van der Waals surface area (Å²) in [4.78, 5) is 8.51. The summed E-state index contributed by atoms with van der Waals surface area (Å²) in [6.07, 6.45) is 1.19. The van der Waals surface area contributed by atoms with E-state index in [2.05, 4.69) is 9.97 Å². The summed E-state index contributed by atoms with van der Waals surface area (Å²) in [6.45, 7) is 1.90. The molecule has 0 amide bonds. The van der Waals surface area contributed by atoms with Crippen LogP contribution in [-0.4, -0.2) is 30.1 Å². The van der Waals surface area contributed by atoms with Crippen LogP contribution in [-0.2, 0) is 27.8 Å². The van der Waals surface area contributed by atoms with Crippen LogP contribution >= 0.6 is 0 Å². The van der Waals surface area contributed by atoms with Gasteiger partial charge in [-0.15, -0.1) is 0 Å². The van der Waals surface area contributed by atoms with Crippen LogP contribution in [0.4, 0.5) is 0 Å². The van der Waals surface area contributed by atoms with E-state index in [9.17, 15) is 8.42 Å². The van der Waals surface area contributed by atoms with Crippen LogP contribution in [0.5, 0.6) is 0 Å². The van der Waals surface area contributed by atoms with Crippen LogP contribution in [0.3, 0.4) is 0 Å². The Balaban J connectivity index is 2.34. The van der Waals surface area contributed by atoms with Crippen LogP contribution in [0.25, 0.3) is 0 Å². The van der Waals surface area contributed by atoms with Gasteiger partial charge in [-0.05, 0) is 13.3 Å². The maximum absolute atomic E-state index is 11.5. The number of hydrogen-bond donors (Lipinski definition) is 1. The molecule has 2 heterocycles. The zero-order valence-electron chi connectivity index (χ0n) is 9.10. The molecule has 2 rings (SSSR count). The first-order chi connectivity index (χ1) is 7.52. The predicted octanol–water partition coefficient (Wildman–Crippen LogP) is 0.138. The minimum Gasteiger partial charge on any atom is -0.396 e. The lowest BCUT2D eigenvalue weighted by Gasteiger charge is -2.04. The molecule has 1 aliphatic heterocycles. The van der Waals surface area contributed by atoms with Crippen molar-refractivity contribution in [3.8, 4) is 0 Å². The second-order valence-corrected chi connectivity index (χ2v) is 6.07. The number of aromatic nitrogens is 2. The molecule has 88 valence electrons. The second kappa shape index (κ2) is 4.10. The molecule has 0 saturated carbocycles. The second-order valence-electron chi connectivity index (χ2n) is 4.01. The van der Waals surface area contributed by atoms with Crippen LogP contribution in [0.1, 0.15) is 29.2 Å². The molecule has 0 bridgehead atoms. The van der Waals surface area contributed by atoms with Gasteiger partial charge in [-0.3, -0.25) is 0 Å². The van der Waals surface area contributed by atoms with E-state index in [1.54, 1.807) is 0 Å². The van der Waals surface area contributed by atoms with Gasteiger partial charge in [0.15, 0.2) is 9.84 Å². The lowest BCUT2D eigenvalue weighted by molar-refractivity contribution is 0.287. The minimum absolute atomic E-state index is 0.0256. The summed E-state index contributed by atoms with van der Waals surface area (Å²) in [5.41, 5.74) is 2.15. The number of hydrogen-bond acceptors (Lipinski definition) is 5. The molecular formula is C10H14N2O3S. The summed E-state index contributed by atoms with van der Waals surface area (Å²) >= 11 is 0. The number of aliphatic hydroxyl groups is 1. The van der Waals surface area contributed by atoms with E-state index < -0.39 is 9.84 Å². The molecule has 5 nitrogen and oxygen atoms in total. The average molecular weight is 242 g/mol. The van der Waals surface area contributed by atoms with Gasteiger partial charge in [0.25, 0.3) is 0 Å². The maximum atomic E-state index is 11.5. The number of fused-ring (bicyclic) bond motifs is 1. The first-order valence-corrected chi connectivity index (χ1v) is 7.00. The van der Waals surface area contributed by atoms with Gasteiger partial charge in [0.1, 0.15) is 5.82 Å². The molecule has 1 aromatic heterocycles. The average Bonchev–Trinajstić information content (AvgIpc) is 2.50. The highest BCUT2D eigenvalue weighted by atomic mass is 32.2. The van der Waals surface area contributed by atoms with E-state index in [4.69, 9.17) is 5.11 Å². The lowest BCUT2D eigenvalue weighted by Crippen LogP contribution is -2.04. The fourth-order valence-corrected chi connectivity index (χ4v) is 3.43. The van der Waals surface area contributed by atoms with Crippen molar-refractivity contribution in [2.75, 3.05) is 6.61 Å². The van der Waals surface area contributed by atoms with E-state index in [1.165, 1.54) is 0 Å². The number of sulfone groups is 1. The highest BCUT2D eigenvalue weighted by molar-refractivity contribution is 7.90. The Morgan fingerprint density at radius 1 is 1.31 bits per heavy atom. The number of aryl methyl sites for hydroxylation is 2. The molecule has 16 heavy (non-hydrogen) atoms. The van der Waals surface area contributed by atoms with Gasteiger partial charge in [0.2, 0.25) is 0 Å². The number of aliphatic hydroxyl groups excluding tert-OH is 1. The van der Waals surface area contributed by atoms with E-state index in [1.807, 2.05) is 6.92 Å². The fraction of sp³-hybridized carbons (Fsp3) is 0.600. The monoisotopic (exact) mass is 242 g/mol. The molecule has 0 unspecified atom stereocenters. The van der Waals surface area contributed by atoms with Crippen LogP contribution in [0.15, 0.2) is 0 Å². The molecular weight excluding hydrogens is 228 g/mol. The van der Waals surface area contributed by atoms with Gasteiger partial charge in [0, 0.05) is 24.3 Å². The van der Waals surface area contributed by atoms with E-state index in [-0.39, 0.29) is 18.1 Å². The fourth-order valence-electron chi connectivity index (χ4n) is 1.85. The molecule has 0 saturated heterocycles. The Hall–Kier alpha value is -1.01. The number of rotatable bonds is 3. The van der Waals surface area contributed by atoms with Crippen molar-refractivity contribution in [3.63, 3.8) is 0 Å². The molecule has 0 fully saturated rings. The minimum atomic E-state index is -3.02. The quantitative estimate of drug-likeness (QED) is 0.815. The highest BCUT2D eigenvalue weighted by Gasteiger charge is 2.28. The van der Waals surface area contributed by atoms with E-state index >= 15 is 0 Å². The van der Waals surface area contributed by atoms with Gasteiger partial charge in [-0.1, -0.05) is 0 Å². The summed E-state index contributed by atoms with van der Waals surface area (Å²) < 4.78 is 22.9. The Bertz CT molecular complexity index is 511. The third-order valence-electron chi connectivity index (χ3n) is 2.63. The molecule has 1 N–H and O–H groups in total. The van der Waals surface area contributed by atoms with Crippen molar-refractivity contribution in [1.29, 1.82) is 0 Å². The smallest absolute Gasteiger partial charge is 0.160 e. The van der Waals surface area contributed by atoms with Gasteiger partial charge in [-0.2, -0.15) is 0 Å². The highest BCUT2D eigenvalue weighted by Crippen LogP contribution is 2.25. The SMILES string of the molecule is Cc1nc(CCCO)nc2c1CS(=O)(=O)C2. The predicted molar refractivity (Wildman–Crippen MR) is 58.5 cm³/mol. The van der Waals surface area contributed by atoms with E-state index in [0.29, 0.717) is 24.4 Å². The van der Waals surface area contributed by atoms with Gasteiger partial charge in [0.05, 0.1) is 17.2 Å². The molecule has 0 spiro atoms. The molecule has 1 aliphatic rings. The summed E-state index contributed by atoms with van der Waals surface area (Å²) in [5, 5.41) is 8.72. The van der Waals surface area contributed by atoms with Crippen LogP contribution in [0, 0.1) is 6.92 Å². The van der Waals surface area contributed by atoms with E-state index in [0.717, 1.165) is 11.3 Å². The van der Waals surface area contributed by atoms with Gasteiger partial charge >= 0.3 is 0 Å². The first kappa shape index (κ1) is 11.5. The van der Waals surface area contributed by atoms with Gasteiger partial charge < -0.3 is 5.11 Å². The van der Waals surface area contributed by atoms with Crippen molar-refractivity contribution in [3.05, 3.63) is 22.8 Å². The molecule has 0 aliphatic carbocycles. The third kappa shape index (κ3) is 2.22. The first-order valence-electron chi connectivity index (χ1n) is 5.18. The normalized spacial score (nSPS) is 17.4. The Kier molecular flexibility index (Phi) is 2.94. The molecule has 6 heteroatoms. The Labute approximate surface area is 94.5 Å². The zero-order valence-corrected chi connectivity index (χ0v) is 9.92. The van der Waals surface area contributed by atoms with Crippen molar-refractivity contribution in [1.82, 2.24) is 9.97 Å². The van der Waals surface area contributed by atoms with Crippen LogP contribution in [0.2, 0.25) is 0 Å². The zero-order chi connectivity index (χ0) is 11.8. The van der Waals surface area contributed by atoms with Crippen LogP contribution < -0.4 is 0 Å². The Morgan fingerprint density at radius 3 is 2.75 bits per heavy atom. The Morgan fingerprint density at radius 2 is 2.06 bits per heavy atom. The molecule has 0 atom stereocenters. The van der Waals surface area contributed by atoms with Crippen molar-refractivity contribution in [2.24, 2.45) is 0 Å². The van der Waals surface area contributed by atoms with Gasteiger partial charge in [-0.25, -0.2) is 18.4 Å². The summed E-state index contributed by atoms with van der Waals surface area (Å²) in [5.74, 6) is 0.717. The van der Waals surface area contributed by atoms with Crippen molar-refractivity contribution in [2.45, 2.75) is 31.3 Å². The molecule has 0 aromatic carbocycles. The number of nitrogens with zero attached hydrogens (tertiary/aromatic N) is 2. The third-order valence-corrected chi connectivity index (χ3v) is 4.07. The summed E-state index contributed by atoms with van der Waals surface area (Å²) in [6, 6.07) is 0. The largest absolute Gasteiger partial charge is 0.396 e. The maximum Gasteiger partial charge on any atom is 0.160 e. The molecule has 0 radical (unpaired) electrons. The van der Waals surface area contributed by atoms with Crippen molar-refractivity contribution < 1.29 is 13.5 Å². The molecule has 1 aromatic rings. The standard InChI is InChI=1S/C10H14N2O3S/c1-7-8-5-16(14,15)6-9(8)12-10(11-7)3-2-4-13/h13H,2-6H2,1H3. The lowest BCUT2D eigenvalue weighted by atomic mass is 10.2. The summed E-state index contributed by atoms with van der Waals surface area (Å²) in [7, 11) is -3.02. The van der Waals surface area contributed by atoms with Crippen molar-refractivity contribution >= 4 is 9.84 Å².